The predicted octanol–water partition coefficient (Wildman–Crippen LogP) is 1.23. The van der Waals surface area contributed by atoms with E-state index in [9.17, 15) is 9.59 Å². The van der Waals surface area contributed by atoms with E-state index in [2.05, 4.69) is 9.47 Å². The van der Waals surface area contributed by atoms with Gasteiger partial charge in [0.05, 0.1) is 0 Å². The zero-order valence-corrected chi connectivity index (χ0v) is 7.25. The number of ketones is 2. The first kappa shape index (κ1) is 9.98. The van der Waals surface area contributed by atoms with Crippen LogP contribution in [0.3, 0.4) is 0 Å². The highest BCUT2D eigenvalue weighted by Gasteiger charge is 1.97. The Kier molecular flexibility index (Phi) is 3.94. The minimum absolute atomic E-state index is 0.121. The smallest absolute Gasteiger partial charge is 0.178 e. The maximum absolute atomic E-state index is 10.3. The molecular weight excluding hydrogens is 184 g/mol. The first-order valence-electron chi connectivity index (χ1n) is 3.84. The Hall–Kier alpha value is -2.10. The molecule has 1 aliphatic carbocycles. The first-order valence-corrected chi connectivity index (χ1v) is 3.84. The lowest BCUT2D eigenvalue weighted by atomic mass is 10.2. The van der Waals surface area contributed by atoms with Crippen LogP contribution in [-0.2, 0) is 19.1 Å². The highest BCUT2D eigenvalue weighted by atomic mass is 16.5. The summed E-state index contributed by atoms with van der Waals surface area (Å²) in [6, 6.07) is 0. The summed E-state index contributed by atoms with van der Waals surface area (Å²) in [4.78, 5) is 20.6. The molecule has 0 bridgehead atoms. The van der Waals surface area contributed by atoms with Crippen LogP contribution >= 0.6 is 0 Å². The highest BCUT2D eigenvalue weighted by molar-refractivity contribution is 6.14. The lowest BCUT2D eigenvalue weighted by Crippen LogP contribution is -1.97. The third-order valence-electron chi connectivity index (χ3n) is 1.25. The van der Waals surface area contributed by atoms with E-state index in [1.54, 1.807) is 0 Å². The second kappa shape index (κ2) is 5.53. The van der Waals surface area contributed by atoms with Crippen LogP contribution in [0.2, 0.25) is 0 Å². The fourth-order valence-corrected chi connectivity index (χ4v) is 0.659. The van der Waals surface area contributed by atoms with Crippen LogP contribution < -0.4 is 0 Å². The van der Waals surface area contributed by atoms with E-state index in [1.165, 1.54) is 49.4 Å². The van der Waals surface area contributed by atoms with Gasteiger partial charge in [-0.05, 0) is 24.3 Å². The summed E-state index contributed by atoms with van der Waals surface area (Å²) < 4.78 is 9.17. The Morgan fingerprint density at radius 2 is 0.929 bits per heavy atom. The maximum atomic E-state index is 10.3. The summed E-state index contributed by atoms with van der Waals surface area (Å²) in [7, 11) is 0. The van der Waals surface area contributed by atoms with Gasteiger partial charge in [0.2, 0.25) is 0 Å². The van der Waals surface area contributed by atoms with E-state index in [0.717, 1.165) is 0 Å². The number of hydrogen-bond acceptors (Lipinski definition) is 4. The van der Waals surface area contributed by atoms with Crippen LogP contribution in [0, 0.1) is 0 Å². The summed E-state index contributed by atoms with van der Waals surface area (Å²) in [5.74, 6) is -0.241. The van der Waals surface area contributed by atoms with Crippen molar-refractivity contribution in [1.29, 1.82) is 0 Å². The fraction of sp³-hybridized carbons (Fsp3) is 0. The molecule has 0 aromatic heterocycles. The van der Waals surface area contributed by atoms with Crippen molar-refractivity contribution in [2.75, 3.05) is 0 Å². The van der Waals surface area contributed by atoms with Crippen molar-refractivity contribution in [3.8, 4) is 0 Å². The van der Waals surface area contributed by atoms with E-state index >= 15 is 0 Å². The molecule has 0 atom stereocenters. The van der Waals surface area contributed by atoms with Crippen molar-refractivity contribution in [3.05, 3.63) is 49.4 Å². The molecule has 0 amide bonds. The Morgan fingerprint density at radius 1 is 0.643 bits per heavy atom. The van der Waals surface area contributed by atoms with Gasteiger partial charge in [-0.3, -0.25) is 9.59 Å². The Balaban J connectivity index is 0.000000146. The predicted molar refractivity (Wildman–Crippen MR) is 48.7 cm³/mol. The first-order chi connectivity index (χ1) is 6.79. The van der Waals surface area contributed by atoms with E-state index in [-0.39, 0.29) is 11.6 Å². The van der Waals surface area contributed by atoms with E-state index in [0.29, 0.717) is 0 Å². The van der Waals surface area contributed by atoms with Gasteiger partial charge in [-0.2, -0.15) is 0 Å². The van der Waals surface area contributed by atoms with E-state index in [1.807, 2.05) is 0 Å². The van der Waals surface area contributed by atoms with Crippen molar-refractivity contribution in [3.63, 3.8) is 0 Å². The number of rotatable bonds is 0. The van der Waals surface area contributed by atoms with Gasteiger partial charge in [0.25, 0.3) is 0 Å². The molecule has 0 aromatic carbocycles. The van der Waals surface area contributed by atoms with Crippen molar-refractivity contribution < 1.29 is 19.1 Å². The monoisotopic (exact) mass is 192 g/mol. The molecule has 1 heterocycles. The molecule has 0 saturated heterocycles. The molecule has 1 aliphatic heterocycles. The second-order valence-electron chi connectivity index (χ2n) is 2.29. The summed E-state index contributed by atoms with van der Waals surface area (Å²) in [6.07, 6.45) is 10.8. The van der Waals surface area contributed by atoms with Crippen molar-refractivity contribution in [2.24, 2.45) is 0 Å². The van der Waals surface area contributed by atoms with Crippen LogP contribution in [0.1, 0.15) is 0 Å². The van der Waals surface area contributed by atoms with Gasteiger partial charge in [-0.25, -0.2) is 0 Å². The molecule has 0 aromatic rings. The molecule has 0 fully saturated rings. The number of carbonyl (C=O) groups excluding carboxylic acids is 2. The summed E-state index contributed by atoms with van der Waals surface area (Å²) in [5.41, 5.74) is 0. The molecule has 0 unspecified atom stereocenters. The summed E-state index contributed by atoms with van der Waals surface area (Å²) >= 11 is 0. The number of carbonyl (C=O) groups is 2. The van der Waals surface area contributed by atoms with Crippen molar-refractivity contribution in [2.45, 2.75) is 0 Å². The average molecular weight is 192 g/mol. The number of hydrogen-bond donors (Lipinski definition) is 0. The Labute approximate surface area is 80.8 Å². The van der Waals surface area contributed by atoms with Gasteiger partial charge in [-0.15, -0.1) is 0 Å². The Morgan fingerprint density at radius 3 is 1.14 bits per heavy atom. The maximum Gasteiger partial charge on any atom is 0.178 e. The van der Waals surface area contributed by atoms with Gasteiger partial charge >= 0.3 is 0 Å². The SMILES string of the molecule is C1=COC=CO1.O=C1C=CC(=O)C=C1. The van der Waals surface area contributed by atoms with Gasteiger partial charge < -0.3 is 9.47 Å². The van der Waals surface area contributed by atoms with Gasteiger partial charge in [0.1, 0.15) is 25.0 Å². The minimum atomic E-state index is -0.121. The average Bonchev–Trinajstić information content (AvgIpc) is 2.26. The number of allylic oxidation sites excluding steroid dienone is 4. The molecule has 4 heteroatoms. The van der Waals surface area contributed by atoms with Gasteiger partial charge in [0.15, 0.2) is 11.6 Å². The molecule has 2 rings (SSSR count). The van der Waals surface area contributed by atoms with Crippen molar-refractivity contribution in [1.82, 2.24) is 0 Å². The van der Waals surface area contributed by atoms with Gasteiger partial charge in [-0.1, -0.05) is 0 Å². The lowest BCUT2D eigenvalue weighted by molar-refractivity contribution is -0.113. The second-order valence-corrected chi connectivity index (χ2v) is 2.29. The molecule has 0 radical (unpaired) electrons. The molecule has 4 nitrogen and oxygen atoms in total. The summed E-state index contributed by atoms with van der Waals surface area (Å²) in [5, 5.41) is 0. The summed E-state index contributed by atoms with van der Waals surface area (Å²) in [6.45, 7) is 0. The molecule has 14 heavy (non-hydrogen) atoms. The fourth-order valence-electron chi connectivity index (χ4n) is 0.659. The van der Waals surface area contributed by atoms with Crippen LogP contribution in [0.4, 0.5) is 0 Å². The molecule has 0 spiro atoms. The van der Waals surface area contributed by atoms with Crippen LogP contribution in [0.25, 0.3) is 0 Å². The third-order valence-corrected chi connectivity index (χ3v) is 1.25. The zero-order valence-electron chi connectivity index (χ0n) is 7.25. The minimum Gasteiger partial charge on any atom is -0.466 e. The largest absolute Gasteiger partial charge is 0.466 e. The Bertz CT molecular complexity index is 276. The molecule has 72 valence electrons. The van der Waals surface area contributed by atoms with Crippen LogP contribution in [-0.4, -0.2) is 11.6 Å². The third kappa shape index (κ3) is 4.06. The normalized spacial score (nSPS) is 16.9. The molecule has 0 N–H and O–H groups in total. The van der Waals surface area contributed by atoms with Crippen LogP contribution in [0.15, 0.2) is 49.4 Å². The quantitative estimate of drug-likeness (QED) is 0.541. The zero-order chi connectivity index (χ0) is 10.2. The van der Waals surface area contributed by atoms with Crippen molar-refractivity contribution >= 4 is 11.6 Å². The van der Waals surface area contributed by atoms with E-state index < -0.39 is 0 Å². The molecule has 0 saturated carbocycles. The number of ether oxygens (including phenoxy) is 2. The van der Waals surface area contributed by atoms with Gasteiger partial charge in [0, 0.05) is 0 Å². The van der Waals surface area contributed by atoms with Crippen LogP contribution in [0.5, 0.6) is 0 Å². The lowest BCUT2D eigenvalue weighted by Gasteiger charge is -1.94. The molecular formula is C10H8O4. The van der Waals surface area contributed by atoms with E-state index in [4.69, 9.17) is 0 Å². The molecule has 2 aliphatic rings. The topological polar surface area (TPSA) is 52.6 Å². The standard InChI is InChI=1S/C6H4O2.C4H4O2/c7-5-1-2-6(8)4-3-5;1-2-6-4-3-5-1/h1-4H;1-4H. The highest BCUT2D eigenvalue weighted by Crippen LogP contribution is 1.90.